The second-order valence-electron chi connectivity index (χ2n) is 3.89. The number of benzene rings is 1. The first-order valence-corrected chi connectivity index (χ1v) is 6.46. The molecule has 1 aromatic heterocycles. The van der Waals surface area contributed by atoms with Crippen molar-refractivity contribution in [3.8, 4) is 0 Å². The number of ketones is 2. The Morgan fingerprint density at radius 3 is 2.44 bits per heavy atom. The van der Waals surface area contributed by atoms with Gasteiger partial charge < -0.3 is 5.32 Å². The molecule has 0 spiro atoms. The maximum atomic E-state index is 11.7. The molecule has 0 atom stereocenters. The lowest BCUT2D eigenvalue weighted by Crippen LogP contribution is -2.12. The predicted octanol–water partition coefficient (Wildman–Crippen LogP) is 3.25. The molecule has 0 aliphatic carbocycles. The third-order valence-corrected chi connectivity index (χ3v) is 3.45. The second-order valence-corrected chi connectivity index (χ2v) is 4.84. The lowest BCUT2D eigenvalue weighted by Gasteiger charge is -2.05. The maximum absolute atomic E-state index is 11.7. The first kappa shape index (κ1) is 12.5. The third kappa shape index (κ3) is 3.05. The zero-order valence-electron chi connectivity index (χ0n) is 9.97. The monoisotopic (exact) mass is 259 g/mol. The van der Waals surface area contributed by atoms with Gasteiger partial charge in [0.05, 0.1) is 11.4 Å². The summed E-state index contributed by atoms with van der Waals surface area (Å²) in [5.74, 6) is 0.108. The van der Waals surface area contributed by atoms with E-state index in [2.05, 4.69) is 5.32 Å². The minimum Gasteiger partial charge on any atom is -0.378 e. The summed E-state index contributed by atoms with van der Waals surface area (Å²) in [5, 5.41) is 4.93. The maximum Gasteiger partial charge on any atom is 0.191 e. The number of anilines is 1. The Hall–Kier alpha value is -1.94. The van der Waals surface area contributed by atoms with Crippen LogP contribution in [0.4, 0.5) is 5.69 Å². The smallest absolute Gasteiger partial charge is 0.191 e. The summed E-state index contributed by atoms with van der Waals surface area (Å²) in [6.45, 7) is 1.79. The van der Waals surface area contributed by atoms with Gasteiger partial charge in [-0.2, -0.15) is 0 Å². The summed E-state index contributed by atoms with van der Waals surface area (Å²) in [7, 11) is 0. The van der Waals surface area contributed by atoms with Crippen molar-refractivity contribution in [3.63, 3.8) is 0 Å². The van der Waals surface area contributed by atoms with Crippen molar-refractivity contribution in [2.45, 2.75) is 6.92 Å². The lowest BCUT2D eigenvalue weighted by atomic mass is 10.1. The summed E-state index contributed by atoms with van der Waals surface area (Å²) in [4.78, 5) is 23.6. The van der Waals surface area contributed by atoms with E-state index in [4.69, 9.17) is 0 Å². The molecule has 0 saturated carbocycles. The highest BCUT2D eigenvalue weighted by Gasteiger charge is 2.06. The van der Waals surface area contributed by atoms with Crippen LogP contribution in [0.2, 0.25) is 0 Å². The third-order valence-electron chi connectivity index (χ3n) is 2.54. The molecule has 0 radical (unpaired) electrons. The molecule has 0 saturated heterocycles. The Labute approximate surface area is 109 Å². The van der Waals surface area contributed by atoms with E-state index in [0.29, 0.717) is 5.56 Å². The quantitative estimate of drug-likeness (QED) is 0.838. The van der Waals surface area contributed by atoms with E-state index in [1.54, 1.807) is 24.3 Å². The van der Waals surface area contributed by atoms with E-state index in [0.717, 1.165) is 10.6 Å². The minimum atomic E-state index is 0.0382. The topological polar surface area (TPSA) is 46.2 Å². The van der Waals surface area contributed by atoms with Crippen LogP contribution >= 0.6 is 11.3 Å². The van der Waals surface area contributed by atoms with Crippen LogP contribution in [0.1, 0.15) is 27.0 Å². The zero-order chi connectivity index (χ0) is 13.0. The van der Waals surface area contributed by atoms with Crippen molar-refractivity contribution >= 4 is 28.6 Å². The Morgan fingerprint density at radius 1 is 1.17 bits per heavy atom. The van der Waals surface area contributed by atoms with Crippen molar-refractivity contribution in [3.05, 3.63) is 52.2 Å². The summed E-state index contributed by atoms with van der Waals surface area (Å²) in [5.41, 5.74) is 1.51. The number of nitrogens with one attached hydrogen (secondary N) is 1. The number of carbonyl (C=O) groups excluding carboxylic acids is 2. The van der Waals surface area contributed by atoms with Crippen LogP contribution in [0, 0.1) is 0 Å². The molecule has 0 aliphatic heterocycles. The van der Waals surface area contributed by atoms with Crippen LogP contribution in [-0.2, 0) is 0 Å². The molecule has 1 heterocycles. The molecular formula is C14H13NO2S. The molecule has 0 aliphatic rings. The summed E-state index contributed by atoms with van der Waals surface area (Å²) >= 11 is 1.44. The molecule has 1 aromatic carbocycles. The average molecular weight is 259 g/mol. The summed E-state index contributed by atoms with van der Waals surface area (Å²) in [6.07, 6.45) is 0. The van der Waals surface area contributed by atoms with Crippen LogP contribution in [0.15, 0.2) is 41.8 Å². The highest BCUT2D eigenvalue weighted by atomic mass is 32.1. The zero-order valence-corrected chi connectivity index (χ0v) is 10.8. The van der Waals surface area contributed by atoms with E-state index in [9.17, 15) is 9.59 Å². The average Bonchev–Trinajstić information content (AvgIpc) is 2.90. The second kappa shape index (κ2) is 5.60. The molecule has 1 N–H and O–H groups in total. The molecule has 0 bridgehead atoms. The Morgan fingerprint density at radius 2 is 1.89 bits per heavy atom. The summed E-state index contributed by atoms with van der Waals surface area (Å²) in [6, 6.07) is 10.8. The van der Waals surface area contributed by atoms with Gasteiger partial charge in [0, 0.05) is 11.3 Å². The molecule has 2 rings (SSSR count). The standard InChI is InChI=1S/C14H13NO2S/c1-10(16)11-4-6-12(7-5-11)15-9-13(17)14-3-2-8-18-14/h2-8,15H,9H2,1H3. The van der Waals surface area contributed by atoms with E-state index >= 15 is 0 Å². The minimum absolute atomic E-state index is 0.0382. The van der Waals surface area contributed by atoms with Crippen molar-refractivity contribution in [1.29, 1.82) is 0 Å². The SMILES string of the molecule is CC(=O)c1ccc(NCC(=O)c2cccs2)cc1. The van der Waals surface area contributed by atoms with Crippen LogP contribution in [0.3, 0.4) is 0 Å². The number of rotatable bonds is 5. The van der Waals surface area contributed by atoms with Gasteiger partial charge in [0.25, 0.3) is 0 Å². The highest BCUT2D eigenvalue weighted by Crippen LogP contribution is 2.12. The largest absolute Gasteiger partial charge is 0.378 e. The van der Waals surface area contributed by atoms with Crippen LogP contribution < -0.4 is 5.32 Å². The normalized spacial score (nSPS) is 10.1. The number of hydrogen-bond acceptors (Lipinski definition) is 4. The van der Waals surface area contributed by atoms with E-state index in [-0.39, 0.29) is 18.1 Å². The highest BCUT2D eigenvalue weighted by molar-refractivity contribution is 7.12. The van der Waals surface area contributed by atoms with Gasteiger partial charge in [-0.25, -0.2) is 0 Å². The van der Waals surface area contributed by atoms with Gasteiger partial charge >= 0.3 is 0 Å². The fourth-order valence-electron chi connectivity index (χ4n) is 1.53. The molecule has 2 aromatic rings. The fraction of sp³-hybridized carbons (Fsp3) is 0.143. The number of Topliss-reactive ketones (excluding diaryl/α,β-unsaturated/α-hetero) is 2. The Bertz CT molecular complexity index is 544. The predicted molar refractivity (Wildman–Crippen MR) is 73.6 cm³/mol. The summed E-state index contributed by atoms with van der Waals surface area (Å²) < 4.78 is 0. The van der Waals surface area contributed by atoms with Crippen molar-refractivity contribution in [2.24, 2.45) is 0 Å². The van der Waals surface area contributed by atoms with Gasteiger partial charge in [0.1, 0.15) is 0 Å². The van der Waals surface area contributed by atoms with Crippen molar-refractivity contribution in [2.75, 3.05) is 11.9 Å². The van der Waals surface area contributed by atoms with Gasteiger partial charge in [0.15, 0.2) is 11.6 Å². The van der Waals surface area contributed by atoms with Crippen LogP contribution in [0.5, 0.6) is 0 Å². The molecule has 3 nitrogen and oxygen atoms in total. The molecule has 92 valence electrons. The molecule has 0 unspecified atom stereocenters. The van der Waals surface area contributed by atoms with Gasteiger partial charge in [-0.1, -0.05) is 6.07 Å². The fourth-order valence-corrected chi connectivity index (χ4v) is 2.19. The molecular weight excluding hydrogens is 246 g/mol. The first-order chi connectivity index (χ1) is 8.66. The van der Waals surface area contributed by atoms with Gasteiger partial charge in [-0.15, -0.1) is 11.3 Å². The number of thiophene rings is 1. The molecule has 18 heavy (non-hydrogen) atoms. The van der Waals surface area contributed by atoms with Gasteiger partial charge in [-0.3, -0.25) is 9.59 Å². The molecule has 0 amide bonds. The number of hydrogen-bond donors (Lipinski definition) is 1. The van der Waals surface area contributed by atoms with Crippen LogP contribution in [-0.4, -0.2) is 18.1 Å². The van der Waals surface area contributed by atoms with E-state index in [1.807, 2.05) is 17.5 Å². The van der Waals surface area contributed by atoms with Gasteiger partial charge in [0.2, 0.25) is 0 Å². The van der Waals surface area contributed by atoms with E-state index in [1.165, 1.54) is 18.3 Å². The molecule has 4 heteroatoms. The van der Waals surface area contributed by atoms with Crippen molar-refractivity contribution < 1.29 is 9.59 Å². The Balaban J connectivity index is 1.94. The lowest BCUT2D eigenvalue weighted by molar-refractivity contribution is 0.100. The van der Waals surface area contributed by atoms with E-state index < -0.39 is 0 Å². The first-order valence-electron chi connectivity index (χ1n) is 5.58. The Kier molecular flexibility index (Phi) is 3.89. The molecule has 0 fully saturated rings. The van der Waals surface area contributed by atoms with Gasteiger partial charge in [-0.05, 0) is 42.6 Å². The van der Waals surface area contributed by atoms with Crippen molar-refractivity contribution in [1.82, 2.24) is 0 Å². The number of carbonyl (C=O) groups is 2. The van der Waals surface area contributed by atoms with Crippen LogP contribution in [0.25, 0.3) is 0 Å².